The Hall–Kier alpha value is -2.33. The summed E-state index contributed by atoms with van der Waals surface area (Å²) in [6.45, 7) is 1.65. The number of methoxy groups -OCH3 is 2. The molecule has 0 N–H and O–H groups in total. The number of aromatic nitrogens is 1. The maximum Gasteiger partial charge on any atom is 0.344 e. The number of anilines is 1. The van der Waals surface area contributed by atoms with Gasteiger partial charge in [0.15, 0.2) is 0 Å². The molecule has 7 heteroatoms. The fraction of sp³-hybridized carbons (Fsp3) is 0.389. The summed E-state index contributed by atoms with van der Waals surface area (Å²) in [5.41, 5.74) is 0.256. The van der Waals surface area contributed by atoms with Crippen LogP contribution in [0, 0.1) is 0 Å². The highest BCUT2D eigenvalue weighted by atomic mass is 31.1. The number of esters is 2. The highest BCUT2D eigenvalue weighted by Gasteiger charge is 2.33. The first-order chi connectivity index (χ1) is 12.2. The monoisotopic (exact) mass is 360 g/mol. The van der Waals surface area contributed by atoms with Crippen molar-refractivity contribution in [2.45, 2.75) is 19.3 Å². The Morgan fingerprint density at radius 1 is 1.00 bits per heavy atom. The third-order valence-corrected chi connectivity index (χ3v) is 6.30. The summed E-state index contributed by atoms with van der Waals surface area (Å²) in [4.78, 5) is 27.1. The Labute approximate surface area is 147 Å². The van der Waals surface area contributed by atoms with Crippen LogP contribution < -0.4 is 4.90 Å². The Balaban J connectivity index is 2.22. The highest BCUT2D eigenvalue weighted by molar-refractivity contribution is 7.55. The minimum absolute atomic E-state index is 0.256. The van der Waals surface area contributed by atoms with Crippen LogP contribution in [0.1, 0.15) is 39.7 Å². The van der Waals surface area contributed by atoms with Crippen molar-refractivity contribution in [2.75, 3.05) is 32.2 Å². The molecule has 1 saturated heterocycles. The largest absolute Gasteiger partial charge is 0.465 e. The van der Waals surface area contributed by atoms with Crippen molar-refractivity contribution in [3.05, 3.63) is 41.2 Å². The SMILES string of the molecule is COC(=O)c1c(N2CCCCC2)np(-c2ccccc2)c1C(=O)OC. The van der Waals surface area contributed by atoms with Crippen molar-refractivity contribution < 1.29 is 19.1 Å². The van der Waals surface area contributed by atoms with Gasteiger partial charge in [-0.05, 0) is 31.4 Å². The molecular weight excluding hydrogens is 339 g/mol. The summed E-state index contributed by atoms with van der Waals surface area (Å²) >= 11 is 0. The van der Waals surface area contributed by atoms with Crippen LogP contribution in [0.25, 0.3) is 5.30 Å². The molecule has 0 amide bonds. The Bertz CT molecular complexity index is 767. The van der Waals surface area contributed by atoms with Gasteiger partial charge in [0.25, 0.3) is 0 Å². The van der Waals surface area contributed by atoms with Gasteiger partial charge < -0.3 is 14.4 Å². The van der Waals surface area contributed by atoms with Crippen molar-refractivity contribution in [3.8, 4) is 5.30 Å². The molecule has 1 aliphatic rings. The lowest BCUT2D eigenvalue weighted by atomic mass is 10.1. The molecule has 1 aliphatic heterocycles. The van der Waals surface area contributed by atoms with E-state index < -0.39 is 19.6 Å². The van der Waals surface area contributed by atoms with Crippen LogP contribution in [-0.4, -0.2) is 44.0 Å². The van der Waals surface area contributed by atoms with Gasteiger partial charge in [0, 0.05) is 26.1 Å². The molecule has 2 aromatic rings. The number of rotatable bonds is 4. The molecule has 2 heterocycles. The summed E-state index contributed by atoms with van der Waals surface area (Å²) in [7, 11) is 1.30. The predicted molar refractivity (Wildman–Crippen MR) is 97.0 cm³/mol. The van der Waals surface area contributed by atoms with Crippen LogP contribution in [0.2, 0.25) is 0 Å². The Morgan fingerprint density at radius 2 is 1.64 bits per heavy atom. The zero-order chi connectivity index (χ0) is 17.8. The van der Waals surface area contributed by atoms with Crippen molar-refractivity contribution in [1.29, 1.82) is 0 Å². The quantitative estimate of drug-likeness (QED) is 0.776. The first-order valence-electron chi connectivity index (χ1n) is 8.27. The van der Waals surface area contributed by atoms with Gasteiger partial charge in [-0.1, -0.05) is 18.2 Å². The lowest BCUT2D eigenvalue weighted by Crippen LogP contribution is -2.31. The zero-order valence-corrected chi connectivity index (χ0v) is 15.3. The molecule has 1 atom stereocenters. The van der Waals surface area contributed by atoms with Crippen LogP contribution in [0.15, 0.2) is 30.3 Å². The molecule has 0 aliphatic carbocycles. The van der Waals surface area contributed by atoms with Gasteiger partial charge in [0.1, 0.15) is 16.7 Å². The van der Waals surface area contributed by atoms with Crippen LogP contribution in [0.4, 0.5) is 5.82 Å². The van der Waals surface area contributed by atoms with E-state index in [4.69, 9.17) is 14.2 Å². The smallest absolute Gasteiger partial charge is 0.344 e. The van der Waals surface area contributed by atoms with E-state index in [0.717, 1.165) is 31.2 Å². The fourth-order valence-corrected chi connectivity index (χ4v) is 5.08. The Morgan fingerprint density at radius 3 is 2.24 bits per heavy atom. The molecule has 1 aromatic carbocycles. The maximum absolute atomic E-state index is 12.5. The molecule has 1 fully saturated rings. The van der Waals surface area contributed by atoms with E-state index in [1.807, 2.05) is 30.3 Å². The van der Waals surface area contributed by atoms with Crippen LogP contribution >= 0.6 is 7.69 Å². The van der Waals surface area contributed by atoms with Crippen molar-refractivity contribution in [1.82, 2.24) is 4.75 Å². The average molecular weight is 360 g/mol. The van der Waals surface area contributed by atoms with Crippen LogP contribution in [0.3, 0.4) is 0 Å². The second-order valence-corrected chi connectivity index (χ2v) is 7.61. The van der Waals surface area contributed by atoms with E-state index in [9.17, 15) is 9.59 Å². The molecule has 0 spiro atoms. The van der Waals surface area contributed by atoms with Gasteiger partial charge in [0.05, 0.1) is 14.2 Å². The van der Waals surface area contributed by atoms with Gasteiger partial charge >= 0.3 is 11.9 Å². The minimum Gasteiger partial charge on any atom is -0.465 e. The predicted octanol–water partition coefficient (Wildman–Crippen LogP) is 3.62. The summed E-state index contributed by atoms with van der Waals surface area (Å²) in [6.07, 6.45) is 3.26. The molecule has 6 nitrogen and oxygen atoms in total. The number of benzene rings is 1. The number of hydrogen-bond acceptors (Lipinski definition) is 6. The van der Waals surface area contributed by atoms with E-state index in [1.54, 1.807) is 0 Å². The van der Waals surface area contributed by atoms with Gasteiger partial charge in [-0.3, -0.25) is 0 Å². The Kier molecular flexibility index (Phi) is 5.39. The normalized spacial score (nSPS) is 15.0. The first kappa shape index (κ1) is 17.5. The number of ether oxygens (including phenoxy) is 2. The molecule has 25 heavy (non-hydrogen) atoms. The summed E-state index contributed by atoms with van der Waals surface area (Å²) in [6, 6.07) is 9.56. The van der Waals surface area contributed by atoms with Gasteiger partial charge in [-0.2, -0.15) is 0 Å². The van der Waals surface area contributed by atoms with E-state index in [2.05, 4.69) is 4.90 Å². The van der Waals surface area contributed by atoms with Crippen LogP contribution in [-0.2, 0) is 9.47 Å². The molecule has 0 radical (unpaired) electrons. The number of hydrogen-bond donors (Lipinski definition) is 0. The van der Waals surface area contributed by atoms with E-state index in [-0.39, 0.29) is 5.56 Å². The summed E-state index contributed by atoms with van der Waals surface area (Å²) in [5.74, 6) is -0.487. The lowest BCUT2D eigenvalue weighted by Gasteiger charge is -2.27. The highest BCUT2D eigenvalue weighted by Crippen LogP contribution is 2.47. The topological polar surface area (TPSA) is 68.7 Å². The maximum atomic E-state index is 12.5. The van der Waals surface area contributed by atoms with Gasteiger partial charge in [0.2, 0.25) is 0 Å². The molecular formula is C18H21N2O4P. The van der Waals surface area contributed by atoms with Crippen molar-refractivity contribution in [3.63, 3.8) is 0 Å². The number of carbonyl (C=O) groups excluding carboxylic acids is 2. The standard InChI is InChI=1S/C18H21N2O4P/c1-23-17(21)14-15(18(22)24-2)25(13-9-5-3-6-10-13)19-16(14)20-11-7-4-8-12-20/h3,5-6,9-10H,4,7-8,11-12H2,1-2H3. The van der Waals surface area contributed by atoms with Gasteiger partial charge in [-0.25, -0.2) is 14.3 Å². The lowest BCUT2D eigenvalue weighted by molar-refractivity contribution is 0.0560. The second kappa shape index (κ2) is 7.70. The number of nitrogens with zero attached hydrogens (tertiary/aromatic N) is 2. The zero-order valence-electron chi connectivity index (χ0n) is 14.4. The summed E-state index contributed by atoms with van der Waals surface area (Å²) in [5, 5.41) is 1.22. The molecule has 1 unspecified atom stereocenters. The molecule has 3 rings (SSSR count). The van der Waals surface area contributed by atoms with Crippen molar-refractivity contribution in [2.24, 2.45) is 0 Å². The third kappa shape index (κ3) is 3.40. The summed E-state index contributed by atoms with van der Waals surface area (Å²) < 4.78 is 14.7. The van der Waals surface area contributed by atoms with E-state index in [1.165, 1.54) is 20.6 Å². The molecule has 0 saturated carbocycles. The van der Waals surface area contributed by atoms with Crippen LogP contribution in [0.5, 0.6) is 0 Å². The second-order valence-electron chi connectivity index (χ2n) is 5.83. The number of carbonyl (C=O) groups is 2. The van der Waals surface area contributed by atoms with E-state index in [0.29, 0.717) is 11.1 Å². The minimum atomic E-state index is -1.34. The van der Waals surface area contributed by atoms with Gasteiger partial charge in [-0.15, -0.1) is 0 Å². The molecule has 1 aromatic heterocycles. The van der Waals surface area contributed by atoms with E-state index >= 15 is 0 Å². The molecule has 0 bridgehead atoms. The average Bonchev–Trinajstić information content (AvgIpc) is 3.08. The fourth-order valence-electron chi connectivity index (χ4n) is 3.06. The number of piperidine rings is 1. The molecule has 132 valence electrons. The third-order valence-electron chi connectivity index (χ3n) is 4.29. The first-order valence-corrected chi connectivity index (χ1v) is 9.56. The van der Waals surface area contributed by atoms with Crippen molar-refractivity contribution >= 4 is 25.4 Å².